The van der Waals surface area contributed by atoms with Crippen LogP contribution in [0.15, 0.2) is 36.4 Å². The minimum Gasteiger partial charge on any atom is -0.503 e. The zero-order valence-corrected chi connectivity index (χ0v) is 12.6. The van der Waals surface area contributed by atoms with Crippen molar-refractivity contribution >= 4 is 28.5 Å². The van der Waals surface area contributed by atoms with Gasteiger partial charge in [0.2, 0.25) is 0 Å². The number of nitrogens with zero attached hydrogens (tertiary/aromatic N) is 1. The SMILES string of the molecule is [3H]CNC(=O)c1cc(I)nc(OCc2ccccc2)c1O. The molecule has 2 rings (SSSR count). The molecule has 0 radical (unpaired) electrons. The van der Waals surface area contributed by atoms with E-state index in [0.29, 0.717) is 3.70 Å². The number of hydrogen-bond acceptors (Lipinski definition) is 4. The van der Waals surface area contributed by atoms with Crippen LogP contribution in [0.2, 0.25) is 0 Å². The molecule has 1 aromatic heterocycles. The van der Waals surface area contributed by atoms with E-state index < -0.39 is 5.91 Å². The molecule has 0 aliphatic carbocycles. The standard InChI is InChI=1S/C14H13IN2O3/c1-16-13(19)10-7-11(15)17-14(12(10)18)20-8-9-5-3-2-4-6-9/h2-7,18H,8H2,1H3,(H,16,19)/i1T. The van der Waals surface area contributed by atoms with Gasteiger partial charge in [-0.1, -0.05) is 30.3 Å². The van der Waals surface area contributed by atoms with Gasteiger partial charge in [0.05, 0.1) is 5.56 Å². The number of aromatic nitrogens is 1. The number of carbonyl (C=O) groups excluding carboxylic acids is 1. The Balaban J connectivity index is 2.21. The lowest BCUT2D eigenvalue weighted by atomic mass is 10.2. The first kappa shape index (κ1) is 13.2. The molecule has 1 amide bonds. The van der Waals surface area contributed by atoms with Crippen LogP contribution in [0.1, 0.15) is 17.3 Å². The van der Waals surface area contributed by atoms with Crippen LogP contribution in [0.3, 0.4) is 0 Å². The van der Waals surface area contributed by atoms with Crippen molar-refractivity contribution in [2.24, 2.45) is 0 Å². The second-order valence-corrected chi connectivity index (χ2v) is 5.03. The van der Waals surface area contributed by atoms with Crippen LogP contribution < -0.4 is 10.1 Å². The number of halogens is 1. The summed E-state index contributed by atoms with van der Waals surface area (Å²) in [5, 5.41) is 12.4. The van der Waals surface area contributed by atoms with E-state index in [0.717, 1.165) is 5.56 Å². The average molecular weight is 386 g/mol. The van der Waals surface area contributed by atoms with Crippen molar-refractivity contribution in [2.75, 3.05) is 7.02 Å². The highest BCUT2D eigenvalue weighted by Gasteiger charge is 2.17. The smallest absolute Gasteiger partial charge is 0.259 e. The average Bonchev–Trinajstić information content (AvgIpc) is 2.49. The predicted molar refractivity (Wildman–Crippen MR) is 82.8 cm³/mol. The highest BCUT2D eigenvalue weighted by Crippen LogP contribution is 2.29. The molecule has 2 N–H and O–H groups in total. The van der Waals surface area contributed by atoms with Crippen LogP contribution in [-0.2, 0) is 6.61 Å². The Hall–Kier alpha value is -1.83. The van der Waals surface area contributed by atoms with E-state index >= 15 is 0 Å². The molecule has 2 aromatic rings. The third-order valence-electron chi connectivity index (χ3n) is 2.55. The Labute approximate surface area is 131 Å². The summed E-state index contributed by atoms with van der Waals surface area (Å²) in [5.74, 6) is -0.856. The predicted octanol–water partition coefficient (Wildman–Crippen LogP) is 2.33. The summed E-state index contributed by atoms with van der Waals surface area (Å²) in [6.45, 7) is 0.237. The molecule has 0 saturated carbocycles. The molecule has 0 saturated heterocycles. The van der Waals surface area contributed by atoms with E-state index in [1.165, 1.54) is 6.07 Å². The second kappa shape index (κ2) is 6.56. The lowest BCUT2D eigenvalue weighted by molar-refractivity contribution is 0.0959. The Morgan fingerprint density at radius 3 is 2.95 bits per heavy atom. The van der Waals surface area contributed by atoms with Crippen molar-refractivity contribution in [1.82, 2.24) is 10.3 Å². The van der Waals surface area contributed by atoms with Gasteiger partial charge in [0.1, 0.15) is 10.3 Å². The Kier molecular flexibility index (Phi) is 4.32. The summed E-state index contributed by atoms with van der Waals surface area (Å²) >= 11 is 1.93. The molecule has 1 aromatic carbocycles. The number of aromatic hydroxyl groups is 1. The van der Waals surface area contributed by atoms with Gasteiger partial charge in [0.25, 0.3) is 11.8 Å². The van der Waals surface area contributed by atoms with E-state index in [-0.39, 0.29) is 30.8 Å². The highest BCUT2D eigenvalue weighted by molar-refractivity contribution is 14.1. The van der Waals surface area contributed by atoms with Crippen LogP contribution in [0.25, 0.3) is 0 Å². The van der Waals surface area contributed by atoms with Crippen LogP contribution in [0, 0.1) is 3.70 Å². The van der Waals surface area contributed by atoms with Crippen LogP contribution in [0.4, 0.5) is 0 Å². The number of ether oxygens (including phenoxy) is 1. The Bertz CT molecular complexity index is 638. The maximum atomic E-state index is 11.8. The van der Waals surface area contributed by atoms with Crippen molar-refractivity contribution in [2.45, 2.75) is 6.61 Å². The number of carbonyl (C=O) groups is 1. The molecule has 0 fully saturated rings. The van der Waals surface area contributed by atoms with Crippen molar-refractivity contribution in [3.05, 3.63) is 51.2 Å². The van der Waals surface area contributed by atoms with E-state index in [1.54, 1.807) is 0 Å². The monoisotopic (exact) mass is 386 g/mol. The topological polar surface area (TPSA) is 71.5 Å². The number of hydrogen-bond donors (Lipinski definition) is 2. The molecular weight excluding hydrogens is 371 g/mol. The number of nitrogens with one attached hydrogen (secondary N) is 1. The molecule has 0 atom stereocenters. The first-order valence-electron chi connectivity index (χ1n) is 6.46. The van der Waals surface area contributed by atoms with Gasteiger partial charge in [-0.05, 0) is 34.2 Å². The zero-order valence-electron chi connectivity index (χ0n) is 11.5. The molecule has 0 bridgehead atoms. The number of rotatable bonds is 4. The molecule has 0 aliphatic heterocycles. The molecule has 104 valence electrons. The minimum atomic E-state index is -0.535. The van der Waals surface area contributed by atoms with Crippen molar-refractivity contribution < 1.29 is 16.0 Å². The van der Waals surface area contributed by atoms with Crippen LogP contribution >= 0.6 is 22.6 Å². The fourth-order valence-corrected chi connectivity index (χ4v) is 2.11. The molecule has 5 nitrogen and oxygen atoms in total. The van der Waals surface area contributed by atoms with E-state index in [4.69, 9.17) is 6.11 Å². The Morgan fingerprint density at radius 2 is 2.25 bits per heavy atom. The Morgan fingerprint density at radius 1 is 1.50 bits per heavy atom. The highest BCUT2D eigenvalue weighted by atomic mass is 127. The molecule has 20 heavy (non-hydrogen) atoms. The zero-order chi connectivity index (χ0) is 15.2. The van der Waals surface area contributed by atoms with Crippen molar-refractivity contribution in [1.29, 1.82) is 0 Å². The van der Waals surface area contributed by atoms with E-state index in [9.17, 15) is 9.90 Å². The molecule has 0 aliphatic rings. The van der Waals surface area contributed by atoms with Crippen LogP contribution in [0.5, 0.6) is 11.6 Å². The maximum absolute atomic E-state index is 11.8. The normalized spacial score (nSPS) is 10.8. The van der Waals surface area contributed by atoms with Gasteiger partial charge in [-0.2, -0.15) is 0 Å². The lowest BCUT2D eigenvalue weighted by Crippen LogP contribution is -2.18. The van der Waals surface area contributed by atoms with Gasteiger partial charge in [-0.3, -0.25) is 4.79 Å². The van der Waals surface area contributed by atoms with Gasteiger partial charge in [0.15, 0.2) is 5.75 Å². The van der Waals surface area contributed by atoms with E-state index in [2.05, 4.69) is 10.3 Å². The fraction of sp³-hybridized carbons (Fsp3) is 0.143. The molecule has 0 spiro atoms. The van der Waals surface area contributed by atoms with Gasteiger partial charge in [-0.25, -0.2) is 4.98 Å². The molecular formula is C14H13IN2O3. The number of pyridine rings is 1. The number of benzene rings is 1. The fourth-order valence-electron chi connectivity index (χ4n) is 1.58. The molecule has 0 unspecified atom stereocenters. The minimum absolute atomic E-state index is 0.000818. The van der Waals surface area contributed by atoms with E-state index in [1.807, 2.05) is 52.9 Å². The molecule has 6 heteroatoms. The summed E-state index contributed by atoms with van der Waals surface area (Å²) in [5.41, 5.74) is 0.972. The summed E-state index contributed by atoms with van der Waals surface area (Å²) in [6, 6.07) is 10.9. The number of amides is 1. The largest absolute Gasteiger partial charge is 0.503 e. The quantitative estimate of drug-likeness (QED) is 0.625. The van der Waals surface area contributed by atoms with Gasteiger partial charge in [-0.15, -0.1) is 0 Å². The second-order valence-electron chi connectivity index (χ2n) is 3.93. The van der Waals surface area contributed by atoms with Gasteiger partial charge in [0, 0.05) is 8.39 Å². The summed E-state index contributed by atoms with van der Waals surface area (Å²) in [4.78, 5) is 15.8. The van der Waals surface area contributed by atoms with Crippen molar-refractivity contribution in [3.63, 3.8) is 0 Å². The third-order valence-corrected chi connectivity index (χ3v) is 3.11. The van der Waals surface area contributed by atoms with Crippen molar-refractivity contribution in [3.8, 4) is 11.6 Å². The summed E-state index contributed by atoms with van der Waals surface area (Å²) < 4.78 is 13.0. The summed E-state index contributed by atoms with van der Waals surface area (Å²) in [6.07, 6.45) is 0. The summed E-state index contributed by atoms with van der Waals surface area (Å²) in [7, 11) is -0.266. The third kappa shape index (κ3) is 3.38. The maximum Gasteiger partial charge on any atom is 0.259 e. The molecule has 1 heterocycles. The lowest BCUT2D eigenvalue weighted by Gasteiger charge is -2.10. The van der Waals surface area contributed by atoms with Crippen LogP contribution in [-0.4, -0.2) is 23.0 Å². The van der Waals surface area contributed by atoms with Gasteiger partial charge >= 0.3 is 0 Å². The van der Waals surface area contributed by atoms with Gasteiger partial charge < -0.3 is 15.2 Å². The first-order valence-corrected chi connectivity index (χ1v) is 6.83. The first-order chi connectivity index (χ1) is 10.1.